The number of carbonyl (C=O) groups excluding carboxylic acids is 2. The molecule has 0 heterocycles. The Kier molecular flexibility index (Phi) is 33.1. The van der Waals surface area contributed by atoms with Crippen molar-refractivity contribution in [3.05, 3.63) is 0 Å². The van der Waals surface area contributed by atoms with Gasteiger partial charge in [-0.25, -0.2) is 0 Å². The van der Waals surface area contributed by atoms with E-state index in [4.69, 9.17) is 34.6 Å². The maximum atomic E-state index is 11.2. The minimum Gasteiger partial charge on any atom is -0.481 e. The van der Waals surface area contributed by atoms with Gasteiger partial charge in [0.2, 0.25) is 0 Å². The van der Waals surface area contributed by atoms with Gasteiger partial charge in [-0.05, 0) is 32.6 Å². The third-order valence-corrected chi connectivity index (χ3v) is 3.58. The van der Waals surface area contributed by atoms with Gasteiger partial charge in [0.25, 0.3) is 0 Å². The summed E-state index contributed by atoms with van der Waals surface area (Å²) in [5.74, 6) is -1.82. The SMILES string of the molecule is COCCOCCOC(=O)CCCCC(C)=O.O=C(O)CCCCC(=O)O.OCCOCCO. The zero-order chi connectivity index (χ0) is 26.5. The van der Waals surface area contributed by atoms with E-state index in [-0.39, 0.29) is 44.4 Å². The van der Waals surface area contributed by atoms with E-state index in [1.807, 2.05) is 0 Å². The Morgan fingerprint density at radius 2 is 1.06 bits per heavy atom. The molecular weight excluding hydrogens is 456 g/mol. The Labute approximate surface area is 201 Å². The Bertz CT molecular complexity index is 476. The van der Waals surface area contributed by atoms with Crippen LogP contribution in [0.4, 0.5) is 0 Å². The molecule has 0 aromatic heterocycles. The molecule has 12 heteroatoms. The first-order chi connectivity index (χ1) is 16.2. The fraction of sp³-hybridized carbons (Fsp3) is 0.818. The Hall–Kier alpha value is -2.12. The summed E-state index contributed by atoms with van der Waals surface area (Å²) in [6.07, 6.45) is 3.36. The fourth-order valence-electron chi connectivity index (χ4n) is 1.96. The van der Waals surface area contributed by atoms with Gasteiger partial charge in [-0.1, -0.05) is 0 Å². The number of aliphatic hydroxyl groups excluding tert-OH is 2. The number of carboxylic acids is 2. The van der Waals surface area contributed by atoms with E-state index < -0.39 is 11.9 Å². The van der Waals surface area contributed by atoms with Gasteiger partial charge in [0.15, 0.2) is 0 Å². The summed E-state index contributed by atoms with van der Waals surface area (Å²) < 4.78 is 19.5. The molecule has 202 valence electrons. The number of ketones is 1. The molecule has 0 fully saturated rings. The summed E-state index contributed by atoms with van der Waals surface area (Å²) in [4.78, 5) is 41.6. The molecule has 0 radical (unpaired) electrons. The zero-order valence-electron chi connectivity index (χ0n) is 20.4. The third kappa shape index (κ3) is 43.7. The monoisotopic (exact) mass is 498 g/mol. The van der Waals surface area contributed by atoms with Gasteiger partial charge in [0.1, 0.15) is 12.4 Å². The van der Waals surface area contributed by atoms with Gasteiger partial charge < -0.3 is 44.2 Å². The molecule has 0 aliphatic rings. The number of aliphatic carboxylic acids is 2. The van der Waals surface area contributed by atoms with E-state index in [0.717, 1.165) is 6.42 Å². The molecule has 0 spiro atoms. The second-order valence-corrected chi connectivity index (χ2v) is 6.79. The van der Waals surface area contributed by atoms with Crippen molar-refractivity contribution in [3.63, 3.8) is 0 Å². The van der Waals surface area contributed by atoms with Crippen molar-refractivity contribution < 1.29 is 58.6 Å². The van der Waals surface area contributed by atoms with Crippen LogP contribution in [0.5, 0.6) is 0 Å². The van der Waals surface area contributed by atoms with Crippen molar-refractivity contribution in [2.45, 2.75) is 58.3 Å². The van der Waals surface area contributed by atoms with Gasteiger partial charge in [-0.2, -0.15) is 0 Å². The summed E-state index contributed by atoms with van der Waals surface area (Å²) in [6.45, 7) is 3.96. The van der Waals surface area contributed by atoms with Crippen LogP contribution in [0.2, 0.25) is 0 Å². The molecule has 0 aromatic carbocycles. The predicted molar refractivity (Wildman–Crippen MR) is 122 cm³/mol. The average Bonchev–Trinajstić information content (AvgIpc) is 2.77. The molecule has 0 bridgehead atoms. The first-order valence-electron chi connectivity index (χ1n) is 11.2. The molecule has 0 aliphatic heterocycles. The second-order valence-electron chi connectivity index (χ2n) is 6.79. The van der Waals surface area contributed by atoms with Crippen molar-refractivity contribution >= 4 is 23.7 Å². The number of methoxy groups -OCH3 is 1. The van der Waals surface area contributed by atoms with E-state index in [1.54, 1.807) is 14.0 Å². The lowest BCUT2D eigenvalue weighted by Gasteiger charge is -2.05. The van der Waals surface area contributed by atoms with Crippen LogP contribution in [0.3, 0.4) is 0 Å². The van der Waals surface area contributed by atoms with Gasteiger partial charge in [-0.15, -0.1) is 0 Å². The minimum absolute atomic E-state index is 0.0278. The first-order valence-corrected chi connectivity index (χ1v) is 11.2. The second kappa shape index (κ2) is 30.9. The number of carboxylic acid groups (broad SMARTS) is 2. The molecule has 0 unspecified atom stereocenters. The largest absolute Gasteiger partial charge is 0.481 e. The number of aliphatic hydroxyl groups is 2. The molecule has 0 rings (SSSR count). The van der Waals surface area contributed by atoms with Crippen LogP contribution in [0.1, 0.15) is 58.3 Å². The van der Waals surface area contributed by atoms with Crippen LogP contribution in [-0.4, -0.2) is 104 Å². The van der Waals surface area contributed by atoms with Gasteiger partial charge in [0, 0.05) is 32.8 Å². The normalized spacial score (nSPS) is 9.76. The number of Topliss-reactive ketones (excluding diaryl/α,β-unsaturated/α-hetero) is 1. The number of hydrogen-bond donors (Lipinski definition) is 4. The highest BCUT2D eigenvalue weighted by Crippen LogP contribution is 2.02. The minimum atomic E-state index is -0.870. The van der Waals surface area contributed by atoms with Crippen LogP contribution in [0, 0.1) is 0 Å². The van der Waals surface area contributed by atoms with Crippen LogP contribution in [0.25, 0.3) is 0 Å². The number of ether oxygens (including phenoxy) is 4. The van der Waals surface area contributed by atoms with Gasteiger partial charge in [-0.3, -0.25) is 14.4 Å². The van der Waals surface area contributed by atoms with Gasteiger partial charge in [0.05, 0.1) is 46.2 Å². The van der Waals surface area contributed by atoms with E-state index >= 15 is 0 Å². The standard InChI is InChI=1S/C12H22O5.C6H10O4.C4H10O3/c1-11(13)5-3-4-6-12(14)17-10-9-16-8-7-15-2;7-5(8)3-1-2-4-6(9)10;5-1-3-7-4-2-6/h3-10H2,1-2H3;1-4H2,(H,7,8)(H,9,10);5-6H,1-4H2. The summed E-state index contributed by atoms with van der Waals surface area (Å²) in [5.41, 5.74) is 0. The fourth-order valence-corrected chi connectivity index (χ4v) is 1.96. The van der Waals surface area contributed by atoms with E-state index in [9.17, 15) is 19.2 Å². The molecule has 0 aromatic rings. The molecular formula is C22H42O12. The highest BCUT2D eigenvalue weighted by molar-refractivity contribution is 5.75. The lowest BCUT2D eigenvalue weighted by Crippen LogP contribution is -2.12. The Morgan fingerprint density at radius 1 is 0.618 bits per heavy atom. The van der Waals surface area contributed by atoms with Crippen molar-refractivity contribution in [2.75, 3.05) is 60.0 Å². The van der Waals surface area contributed by atoms with Gasteiger partial charge >= 0.3 is 17.9 Å². The van der Waals surface area contributed by atoms with Crippen LogP contribution in [-0.2, 0) is 38.1 Å². The quantitative estimate of drug-likeness (QED) is 0.138. The van der Waals surface area contributed by atoms with Crippen LogP contribution in [0.15, 0.2) is 0 Å². The first kappa shape index (κ1) is 36.4. The maximum Gasteiger partial charge on any atom is 0.305 e. The molecule has 0 saturated carbocycles. The summed E-state index contributed by atoms with van der Waals surface area (Å²) in [7, 11) is 1.60. The van der Waals surface area contributed by atoms with E-state index in [0.29, 0.717) is 65.1 Å². The third-order valence-electron chi connectivity index (χ3n) is 3.58. The highest BCUT2D eigenvalue weighted by Gasteiger charge is 2.03. The molecule has 34 heavy (non-hydrogen) atoms. The summed E-state index contributed by atoms with van der Waals surface area (Å²) >= 11 is 0. The number of hydrogen-bond acceptors (Lipinski definition) is 10. The number of carbonyl (C=O) groups is 4. The van der Waals surface area contributed by atoms with Crippen LogP contribution < -0.4 is 0 Å². The van der Waals surface area contributed by atoms with E-state index in [2.05, 4.69) is 4.74 Å². The zero-order valence-corrected chi connectivity index (χ0v) is 20.4. The number of rotatable bonds is 20. The molecule has 0 amide bonds. The van der Waals surface area contributed by atoms with Crippen molar-refractivity contribution in [2.24, 2.45) is 0 Å². The van der Waals surface area contributed by atoms with E-state index in [1.165, 1.54) is 0 Å². The number of unbranched alkanes of at least 4 members (excludes halogenated alkanes) is 2. The maximum absolute atomic E-state index is 11.2. The smallest absolute Gasteiger partial charge is 0.305 e. The average molecular weight is 499 g/mol. The lowest BCUT2D eigenvalue weighted by atomic mass is 10.1. The van der Waals surface area contributed by atoms with Crippen molar-refractivity contribution in [3.8, 4) is 0 Å². The number of esters is 1. The topological polar surface area (TPSA) is 186 Å². The molecule has 0 saturated heterocycles. The highest BCUT2D eigenvalue weighted by atomic mass is 16.6. The van der Waals surface area contributed by atoms with Crippen molar-refractivity contribution in [1.82, 2.24) is 0 Å². The summed E-state index contributed by atoms with van der Waals surface area (Å²) in [6, 6.07) is 0. The molecule has 4 N–H and O–H groups in total. The van der Waals surface area contributed by atoms with Crippen LogP contribution >= 0.6 is 0 Å². The predicted octanol–water partition coefficient (Wildman–Crippen LogP) is 1.05. The Morgan fingerprint density at radius 3 is 1.50 bits per heavy atom. The molecule has 0 aliphatic carbocycles. The Balaban J connectivity index is -0.000000477. The van der Waals surface area contributed by atoms with Crippen molar-refractivity contribution in [1.29, 1.82) is 0 Å². The molecule has 0 atom stereocenters. The lowest BCUT2D eigenvalue weighted by molar-refractivity contribution is -0.145. The summed E-state index contributed by atoms with van der Waals surface area (Å²) in [5, 5.41) is 32.4. The molecule has 12 nitrogen and oxygen atoms in total.